The van der Waals surface area contributed by atoms with Gasteiger partial charge in [-0.1, -0.05) is 0 Å². The van der Waals surface area contributed by atoms with Crippen molar-refractivity contribution in [1.29, 1.82) is 0 Å². The fourth-order valence-electron chi connectivity index (χ4n) is 3.60. The normalized spacial score (nSPS) is 17.3. The minimum atomic E-state index is 0.315. The number of aromatic nitrogens is 7. The van der Waals surface area contributed by atoms with E-state index in [4.69, 9.17) is 0 Å². The van der Waals surface area contributed by atoms with Crippen molar-refractivity contribution in [1.82, 2.24) is 34.3 Å². The lowest BCUT2D eigenvalue weighted by Gasteiger charge is -2.32. The largest absolute Gasteiger partial charge is 0.373 e. The third-order valence-electron chi connectivity index (χ3n) is 5.20. The molecule has 0 aromatic carbocycles. The second-order valence-electron chi connectivity index (χ2n) is 6.91. The number of piperidine rings is 1. The van der Waals surface area contributed by atoms with Gasteiger partial charge in [0, 0.05) is 51.7 Å². The number of nitrogens with one attached hydrogen (secondary N) is 1. The first-order valence-electron chi connectivity index (χ1n) is 9.27. The van der Waals surface area contributed by atoms with Gasteiger partial charge >= 0.3 is 0 Å². The molecule has 1 atom stereocenters. The number of imidazole rings is 1. The van der Waals surface area contributed by atoms with Crippen LogP contribution in [-0.2, 0) is 13.6 Å². The summed E-state index contributed by atoms with van der Waals surface area (Å²) < 4.78 is 4.20. The number of hydrogen-bond acceptors (Lipinski definition) is 7. The van der Waals surface area contributed by atoms with Crippen LogP contribution in [0, 0.1) is 6.92 Å². The van der Waals surface area contributed by atoms with E-state index in [1.54, 1.807) is 6.20 Å². The average Bonchev–Trinajstić information content (AvgIpc) is 3.28. The van der Waals surface area contributed by atoms with Crippen LogP contribution in [0.5, 0.6) is 0 Å². The number of hydrogen-bond donors (Lipinski definition) is 1. The lowest BCUT2D eigenvalue weighted by molar-refractivity contribution is 0.473. The van der Waals surface area contributed by atoms with Gasteiger partial charge in [0.05, 0.1) is 6.54 Å². The molecule has 27 heavy (non-hydrogen) atoms. The lowest BCUT2D eigenvalue weighted by Crippen LogP contribution is -2.36. The Morgan fingerprint density at radius 1 is 1.22 bits per heavy atom. The molecule has 9 heteroatoms. The highest BCUT2D eigenvalue weighted by atomic mass is 15.3. The van der Waals surface area contributed by atoms with Gasteiger partial charge in [0.1, 0.15) is 17.5 Å². The summed E-state index contributed by atoms with van der Waals surface area (Å²) in [7, 11) is 3.92. The van der Waals surface area contributed by atoms with Gasteiger partial charge in [-0.2, -0.15) is 4.98 Å². The van der Waals surface area contributed by atoms with Crippen molar-refractivity contribution in [3.63, 3.8) is 0 Å². The summed E-state index contributed by atoms with van der Waals surface area (Å²) in [6.45, 7) is 4.49. The zero-order valence-corrected chi connectivity index (χ0v) is 16.0. The molecule has 142 valence electrons. The topological polar surface area (TPSA) is 89.6 Å². The molecular weight excluding hydrogens is 342 g/mol. The molecule has 9 nitrogen and oxygen atoms in total. The van der Waals surface area contributed by atoms with Crippen LogP contribution in [0.2, 0.25) is 0 Å². The van der Waals surface area contributed by atoms with Crippen LogP contribution in [0.15, 0.2) is 24.7 Å². The summed E-state index contributed by atoms with van der Waals surface area (Å²) in [6, 6.07) is 1.87. The van der Waals surface area contributed by atoms with Crippen molar-refractivity contribution >= 4 is 11.8 Å². The summed E-state index contributed by atoms with van der Waals surface area (Å²) in [5.74, 6) is 4.86. The molecule has 4 heterocycles. The zero-order valence-electron chi connectivity index (χ0n) is 16.0. The molecule has 3 aromatic rings. The summed E-state index contributed by atoms with van der Waals surface area (Å²) in [5.41, 5.74) is 0. The second kappa shape index (κ2) is 7.34. The van der Waals surface area contributed by atoms with Crippen molar-refractivity contribution in [2.24, 2.45) is 7.05 Å². The lowest BCUT2D eigenvalue weighted by atomic mass is 9.97. The molecule has 1 fully saturated rings. The van der Waals surface area contributed by atoms with Gasteiger partial charge < -0.3 is 19.4 Å². The van der Waals surface area contributed by atoms with E-state index < -0.39 is 0 Å². The van der Waals surface area contributed by atoms with Crippen LogP contribution < -0.4 is 10.2 Å². The van der Waals surface area contributed by atoms with Gasteiger partial charge in [-0.05, 0) is 25.8 Å². The Bertz CT molecular complexity index is 913. The minimum Gasteiger partial charge on any atom is -0.373 e. The van der Waals surface area contributed by atoms with Crippen LogP contribution in [0.4, 0.5) is 11.8 Å². The first-order chi connectivity index (χ1) is 13.2. The SMILES string of the molecule is CNc1ccnc(N2CCC[C@H](c3nnc(Cn4ccnc4C)n3C)C2)n1. The molecule has 0 spiro atoms. The predicted molar refractivity (Wildman–Crippen MR) is 103 cm³/mol. The number of anilines is 2. The van der Waals surface area contributed by atoms with Crippen LogP contribution in [0.3, 0.4) is 0 Å². The molecule has 1 N–H and O–H groups in total. The summed E-state index contributed by atoms with van der Waals surface area (Å²) >= 11 is 0. The smallest absolute Gasteiger partial charge is 0.227 e. The van der Waals surface area contributed by atoms with Gasteiger partial charge in [0.25, 0.3) is 0 Å². The Labute approximate surface area is 158 Å². The van der Waals surface area contributed by atoms with E-state index in [-0.39, 0.29) is 0 Å². The Kier molecular flexibility index (Phi) is 4.74. The first-order valence-corrected chi connectivity index (χ1v) is 9.27. The third kappa shape index (κ3) is 3.49. The standard InChI is InChI=1S/C18H25N9/c1-13-20-8-10-26(13)12-16-23-24-17(25(16)3)14-5-4-9-27(11-14)18-21-7-6-15(19-2)22-18/h6-8,10,14H,4-5,9,11-12H2,1-3H3,(H,19,21,22)/t14-/m0/s1. The van der Waals surface area contributed by atoms with E-state index in [1.165, 1.54) is 0 Å². The molecule has 1 saturated heterocycles. The van der Waals surface area contributed by atoms with Gasteiger partial charge in [-0.3, -0.25) is 0 Å². The van der Waals surface area contributed by atoms with E-state index >= 15 is 0 Å². The summed E-state index contributed by atoms with van der Waals surface area (Å²) in [5, 5.41) is 12.0. The summed E-state index contributed by atoms with van der Waals surface area (Å²) in [4.78, 5) is 15.5. The molecule has 0 bridgehead atoms. The highest BCUT2D eigenvalue weighted by Gasteiger charge is 2.27. The van der Waals surface area contributed by atoms with E-state index in [9.17, 15) is 0 Å². The Hall–Kier alpha value is -2.97. The number of nitrogens with zero attached hydrogens (tertiary/aromatic N) is 8. The molecule has 4 rings (SSSR count). The van der Waals surface area contributed by atoms with Gasteiger partial charge in [-0.25, -0.2) is 9.97 Å². The van der Waals surface area contributed by atoms with Crippen LogP contribution >= 0.6 is 0 Å². The molecule has 0 radical (unpaired) electrons. The molecule has 0 aliphatic carbocycles. The average molecular weight is 367 g/mol. The molecule has 0 unspecified atom stereocenters. The van der Waals surface area contributed by atoms with Crippen molar-refractivity contribution in [3.8, 4) is 0 Å². The molecule has 1 aliphatic rings. The number of aryl methyl sites for hydroxylation is 1. The predicted octanol–water partition coefficient (Wildman–Crippen LogP) is 1.58. The van der Waals surface area contributed by atoms with Gasteiger partial charge in [0.2, 0.25) is 5.95 Å². The van der Waals surface area contributed by atoms with Crippen LogP contribution in [-0.4, -0.2) is 54.4 Å². The van der Waals surface area contributed by atoms with Gasteiger partial charge in [-0.15, -0.1) is 10.2 Å². The van der Waals surface area contributed by atoms with Crippen molar-refractivity contribution < 1.29 is 0 Å². The Balaban J connectivity index is 1.52. The minimum absolute atomic E-state index is 0.315. The fraction of sp³-hybridized carbons (Fsp3) is 0.500. The molecule has 0 saturated carbocycles. The summed E-state index contributed by atoms with van der Waals surface area (Å²) in [6.07, 6.45) is 7.76. The maximum atomic E-state index is 4.58. The first kappa shape index (κ1) is 17.4. The fourth-order valence-corrected chi connectivity index (χ4v) is 3.60. The monoisotopic (exact) mass is 367 g/mol. The van der Waals surface area contributed by atoms with Crippen molar-refractivity contribution in [3.05, 3.63) is 42.1 Å². The van der Waals surface area contributed by atoms with E-state index in [1.807, 2.05) is 39.5 Å². The van der Waals surface area contributed by atoms with Crippen LogP contribution in [0.1, 0.15) is 36.2 Å². The highest BCUT2D eigenvalue weighted by molar-refractivity contribution is 5.41. The molecular formula is C18H25N9. The van der Waals surface area contributed by atoms with E-state index in [0.29, 0.717) is 12.5 Å². The Morgan fingerprint density at radius 2 is 2.11 bits per heavy atom. The maximum absolute atomic E-state index is 4.58. The van der Waals surface area contributed by atoms with Crippen molar-refractivity contribution in [2.45, 2.75) is 32.2 Å². The quantitative estimate of drug-likeness (QED) is 0.732. The second-order valence-corrected chi connectivity index (χ2v) is 6.91. The van der Waals surface area contributed by atoms with E-state index in [2.05, 4.69) is 44.5 Å². The molecule has 1 aliphatic heterocycles. The Morgan fingerprint density at radius 3 is 2.89 bits per heavy atom. The van der Waals surface area contributed by atoms with E-state index in [0.717, 1.165) is 55.2 Å². The van der Waals surface area contributed by atoms with Crippen LogP contribution in [0.25, 0.3) is 0 Å². The molecule has 3 aromatic heterocycles. The maximum Gasteiger partial charge on any atom is 0.227 e. The zero-order chi connectivity index (χ0) is 18.8. The molecule has 0 amide bonds. The highest BCUT2D eigenvalue weighted by Crippen LogP contribution is 2.28. The number of rotatable bonds is 5. The van der Waals surface area contributed by atoms with Gasteiger partial charge in [0.15, 0.2) is 5.82 Å². The third-order valence-corrected chi connectivity index (χ3v) is 5.20. The van der Waals surface area contributed by atoms with Crippen molar-refractivity contribution in [2.75, 3.05) is 30.4 Å².